The summed E-state index contributed by atoms with van der Waals surface area (Å²) >= 11 is 3.43. The molecule has 1 aliphatic heterocycles. The highest BCUT2D eigenvalue weighted by Gasteiger charge is 2.22. The Morgan fingerprint density at radius 2 is 2.07 bits per heavy atom. The number of piperidine rings is 1. The Balaban J connectivity index is 1.51. The lowest BCUT2D eigenvalue weighted by atomic mass is 10.0. The van der Waals surface area contributed by atoms with Gasteiger partial charge >= 0.3 is 0 Å². The minimum absolute atomic E-state index is 0.0294. The molecule has 5 nitrogen and oxygen atoms in total. The van der Waals surface area contributed by atoms with Crippen molar-refractivity contribution in [3.8, 4) is 5.75 Å². The van der Waals surface area contributed by atoms with E-state index in [0.29, 0.717) is 12.2 Å². The van der Waals surface area contributed by atoms with Crippen LogP contribution in [0.1, 0.15) is 35.8 Å². The number of hydrogen-bond acceptors (Lipinski definition) is 3. The Morgan fingerprint density at radius 1 is 1.33 bits per heavy atom. The largest absolute Gasteiger partial charge is 0.494 e. The number of halogens is 2. The second-order valence-corrected chi connectivity index (χ2v) is 7.74. The van der Waals surface area contributed by atoms with Gasteiger partial charge in [0.15, 0.2) is 11.6 Å². The maximum Gasteiger partial charge on any atom is 0.268 e. The van der Waals surface area contributed by atoms with Gasteiger partial charge in [-0.15, -0.1) is 0 Å². The average Bonchev–Trinajstić information content (AvgIpc) is 3.04. The van der Waals surface area contributed by atoms with Crippen LogP contribution < -0.4 is 10.1 Å². The molecule has 146 valence electrons. The van der Waals surface area contributed by atoms with Crippen molar-refractivity contribution in [1.82, 2.24) is 14.8 Å². The molecule has 2 aromatic rings. The van der Waals surface area contributed by atoms with Crippen molar-refractivity contribution in [2.75, 3.05) is 20.2 Å². The number of nitrogens with one attached hydrogen (secondary N) is 1. The Kier molecular flexibility index (Phi) is 6.55. The van der Waals surface area contributed by atoms with Gasteiger partial charge in [0, 0.05) is 42.9 Å². The third kappa shape index (κ3) is 4.90. The summed E-state index contributed by atoms with van der Waals surface area (Å²) in [5.41, 5.74) is 1.61. The Bertz CT molecular complexity index is 801. The number of benzene rings is 1. The van der Waals surface area contributed by atoms with E-state index in [1.807, 2.05) is 29.8 Å². The zero-order valence-electron chi connectivity index (χ0n) is 15.7. The molecule has 0 unspecified atom stereocenters. The molecule has 1 aliphatic rings. The summed E-state index contributed by atoms with van der Waals surface area (Å²) in [6.45, 7) is 5.22. The summed E-state index contributed by atoms with van der Waals surface area (Å²) in [5, 5.41) is 3.15. The molecule has 0 saturated carbocycles. The SMILES string of the molecule is CCn1cc(Br)cc1C(=O)NC1CCN(Cc2ccc(OC)c(F)c2)CC1. The zero-order valence-corrected chi connectivity index (χ0v) is 17.3. The summed E-state index contributed by atoms with van der Waals surface area (Å²) in [6, 6.07) is 7.11. The van der Waals surface area contributed by atoms with Gasteiger partial charge in [0.25, 0.3) is 5.91 Å². The van der Waals surface area contributed by atoms with Crippen LogP contribution in [0.4, 0.5) is 4.39 Å². The summed E-state index contributed by atoms with van der Waals surface area (Å²) in [4.78, 5) is 14.8. The number of rotatable bonds is 6. The highest BCUT2D eigenvalue weighted by molar-refractivity contribution is 9.10. The second kappa shape index (κ2) is 8.89. The highest BCUT2D eigenvalue weighted by atomic mass is 79.9. The average molecular weight is 438 g/mol. The lowest BCUT2D eigenvalue weighted by molar-refractivity contribution is 0.0899. The molecule has 7 heteroatoms. The Labute approximate surface area is 167 Å². The molecule has 0 atom stereocenters. The Hall–Kier alpha value is -1.86. The summed E-state index contributed by atoms with van der Waals surface area (Å²) < 4.78 is 21.7. The number of carbonyl (C=O) groups is 1. The van der Waals surface area contributed by atoms with Gasteiger partial charge in [-0.3, -0.25) is 9.69 Å². The topological polar surface area (TPSA) is 46.5 Å². The molecular formula is C20H25BrFN3O2. The molecule has 0 bridgehead atoms. The van der Waals surface area contributed by atoms with E-state index in [-0.39, 0.29) is 23.5 Å². The standard InChI is InChI=1S/C20H25BrFN3O2/c1-3-25-13-15(21)11-18(25)20(26)23-16-6-8-24(9-7-16)12-14-4-5-19(27-2)17(22)10-14/h4-5,10-11,13,16H,3,6-9,12H2,1-2H3,(H,23,26). The summed E-state index contributed by atoms with van der Waals surface area (Å²) in [7, 11) is 1.47. The van der Waals surface area contributed by atoms with Gasteiger partial charge in [-0.1, -0.05) is 6.07 Å². The Morgan fingerprint density at radius 3 is 2.70 bits per heavy atom. The quantitative estimate of drug-likeness (QED) is 0.746. The number of amides is 1. The van der Waals surface area contributed by atoms with Crippen molar-refractivity contribution >= 4 is 21.8 Å². The van der Waals surface area contributed by atoms with Crippen LogP contribution in [0.5, 0.6) is 5.75 Å². The first kappa shape index (κ1) is 19.9. The van der Waals surface area contributed by atoms with Crippen LogP contribution in [0.2, 0.25) is 0 Å². The van der Waals surface area contributed by atoms with Crippen molar-refractivity contribution in [3.63, 3.8) is 0 Å². The van der Waals surface area contributed by atoms with E-state index in [1.54, 1.807) is 6.07 Å². The number of aryl methyl sites for hydroxylation is 1. The van der Waals surface area contributed by atoms with Crippen LogP contribution in [0.15, 0.2) is 34.9 Å². The molecular weight excluding hydrogens is 413 g/mol. The fourth-order valence-corrected chi connectivity index (χ4v) is 3.95. The molecule has 0 spiro atoms. The van der Waals surface area contributed by atoms with Gasteiger partial charge in [-0.2, -0.15) is 0 Å². The lowest BCUT2D eigenvalue weighted by Gasteiger charge is -2.32. The first-order chi connectivity index (χ1) is 13.0. The molecule has 1 fully saturated rings. The molecule has 1 saturated heterocycles. The molecule has 1 N–H and O–H groups in total. The maximum atomic E-state index is 13.8. The molecule has 2 heterocycles. The van der Waals surface area contributed by atoms with Gasteiger partial charge < -0.3 is 14.6 Å². The van der Waals surface area contributed by atoms with Gasteiger partial charge in [-0.05, 0) is 59.5 Å². The van der Waals surface area contributed by atoms with E-state index in [1.165, 1.54) is 13.2 Å². The van der Waals surface area contributed by atoms with Crippen molar-refractivity contribution in [2.24, 2.45) is 0 Å². The number of ether oxygens (including phenoxy) is 1. The van der Waals surface area contributed by atoms with E-state index < -0.39 is 0 Å². The van der Waals surface area contributed by atoms with Gasteiger partial charge in [0.1, 0.15) is 5.69 Å². The monoisotopic (exact) mass is 437 g/mol. The molecule has 1 amide bonds. The number of hydrogen-bond donors (Lipinski definition) is 1. The number of methoxy groups -OCH3 is 1. The molecule has 0 radical (unpaired) electrons. The van der Waals surface area contributed by atoms with E-state index in [4.69, 9.17) is 4.74 Å². The fraction of sp³-hybridized carbons (Fsp3) is 0.450. The summed E-state index contributed by atoms with van der Waals surface area (Å²) in [5.74, 6) is -0.0934. The number of carbonyl (C=O) groups excluding carboxylic acids is 1. The smallest absolute Gasteiger partial charge is 0.268 e. The highest BCUT2D eigenvalue weighted by Crippen LogP contribution is 2.21. The first-order valence-electron chi connectivity index (χ1n) is 9.21. The van der Waals surface area contributed by atoms with Crippen molar-refractivity contribution < 1.29 is 13.9 Å². The molecule has 3 rings (SSSR count). The third-order valence-corrected chi connectivity index (χ3v) is 5.42. The predicted molar refractivity (Wildman–Crippen MR) is 107 cm³/mol. The third-order valence-electron chi connectivity index (χ3n) is 4.98. The van der Waals surface area contributed by atoms with Gasteiger partial charge in [0.2, 0.25) is 0 Å². The van der Waals surface area contributed by atoms with E-state index >= 15 is 0 Å². The van der Waals surface area contributed by atoms with Crippen LogP contribution in [-0.2, 0) is 13.1 Å². The van der Waals surface area contributed by atoms with Crippen molar-refractivity contribution in [1.29, 1.82) is 0 Å². The van der Waals surface area contributed by atoms with E-state index in [9.17, 15) is 9.18 Å². The molecule has 0 aliphatic carbocycles. The van der Waals surface area contributed by atoms with Crippen LogP contribution in [0, 0.1) is 5.82 Å². The summed E-state index contributed by atoms with van der Waals surface area (Å²) in [6.07, 6.45) is 3.70. The van der Waals surface area contributed by atoms with Crippen LogP contribution >= 0.6 is 15.9 Å². The number of likely N-dealkylation sites (tertiary alicyclic amines) is 1. The van der Waals surface area contributed by atoms with Crippen molar-refractivity contribution in [2.45, 2.75) is 38.9 Å². The van der Waals surface area contributed by atoms with E-state index in [0.717, 1.165) is 42.5 Å². The molecule has 1 aromatic heterocycles. The maximum absolute atomic E-state index is 13.8. The van der Waals surface area contributed by atoms with Crippen LogP contribution in [-0.4, -0.2) is 41.6 Å². The molecule has 1 aromatic carbocycles. The zero-order chi connectivity index (χ0) is 19.4. The van der Waals surface area contributed by atoms with Gasteiger partial charge in [0.05, 0.1) is 7.11 Å². The lowest BCUT2D eigenvalue weighted by Crippen LogP contribution is -2.44. The number of aromatic nitrogens is 1. The second-order valence-electron chi connectivity index (χ2n) is 6.82. The minimum Gasteiger partial charge on any atom is -0.494 e. The van der Waals surface area contributed by atoms with Crippen LogP contribution in [0.25, 0.3) is 0 Å². The normalized spacial score (nSPS) is 15.7. The van der Waals surface area contributed by atoms with E-state index in [2.05, 4.69) is 26.1 Å². The van der Waals surface area contributed by atoms with Gasteiger partial charge in [-0.25, -0.2) is 4.39 Å². The number of nitrogens with zero attached hydrogens (tertiary/aromatic N) is 2. The minimum atomic E-state index is -0.331. The molecule has 27 heavy (non-hydrogen) atoms. The first-order valence-corrected chi connectivity index (χ1v) is 10.0. The predicted octanol–water partition coefficient (Wildman–Crippen LogP) is 3.81. The van der Waals surface area contributed by atoms with Crippen molar-refractivity contribution in [3.05, 3.63) is 52.0 Å². The fourth-order valence-electron chi connectivity index (χ4n) is 3.49. The van der Waals surface area contributed by atoms with Crippen LogP contribution in [0.3, 0.4) is 0 Å².